The summed E-state index contributed by atoms with van der Waals surface area (Å²) in [5.41, 5.74) is 0.773. The minimum absolute atomic E-state index is 0.116. The maximum atomic E-state index is 13.1. The molecule has 8 heteroatoms. The van der Waals surface area contributed by atoms with E-state index in [-0.39, 0.29) is 35.0 Å². The standard InChI is InChI=1S/C23H34N4O4/c1-13(2)21(29)27-20(16-9-8-10-16)23(31)25-15(4)19(14(3)24-5)26-22(30)17-11-6-7-12-18(17)28/h6-7,11-13,15-16,19-20,28H,8-10H2,1-5H3,(H,25,31)(H,26,30)(H,27,29). The lowest BCUT2D eigenvalue weighted by Gasteiger charge is -2.35. The molecule has 1 saturated carbocycles. The van der Waals surface area contributed by atoms with E-state index in [0.29, 0.717) is 5.71 Å². The van der Waals surface area contributed by atoms with Crippen molar-refractivity contribution in [2.75, 3.05) is 7.05 Å². The summed E-state index contributed by atoms with van der Waals surface area (Å²) in [6.45, 7) is 7.13. The van der Waals surface area contributed by atoms with Crippen molar-refractivity contribution >= 4 is 23.4 Å². The third-order valence-corrected chi connectivity index (χ3v) is 5.83. The van der Waals surface area contributed by atoms with Crippen LogP contribution in [0.5, 0.6) is 5.75 Å². The molecule has 0 aromatic heterocycles. The minimum Gasteiger partial charge on any atom is -0.507 e. The number of hydrogen-bond donors (Lipinski definition) is 4. The molecule has 1 aliphatic carbocycles. The van der Waals surface area contributed by atoms with Gasteiger partial charge in [0, 0.05) is 18.7 Å². The van der Waals surface area contributed by atoms with E-state index < -0.39 is 24.0 Å². The van der Waals surface area contributed by atoms with Crippen molar-refractivity contribution in [2.45, 2.75) is 65.1 Å². The number of para-hydroxylation sites is 1. The molecule has 1 fully saturated rings. The fraction of sp³-hybridized carbons (Fsp3) is 0.565. The Morgan fingerprint density at radius 2 is 1.68 bits per heavy atom. The third kappa shape index (κ3) is 6.29. The first-order valence-electron chi connectivity index (χ1n) is 10.8. The minimum atomic E-state index is -0.598. The Bertz CT molecular complexity index is 833. The van der Waals surface area contributed by atoms with E-state index in [4.69, 9.17) is 0 Å². The van der Waals surface area contributed by atoms with Crippen LogP contribution in [0.4, 0.5) is 0 Å². The number of hydrogen-bond acceptors (Lipinski definition) is 5. The summed E-state index contributed by atoms with van der Waals surface area (Å²) < 4.78 is 0. The molecule has 0 radical (unpaired) electrons. The van der Waals surface area contributed by atoms with Gasteiger partial charge in [-0.15, -0.1) is 0 Å². The van der Waals surface area contributed by atoms with Gasteiger partial charge >= 0.3 is 0 Å². The molecule has 0 heterocycles. The number of rotatable bonds is 9. The van der Waals surface area contributed by atoms with Crippen molar-refractivity contribution in [3.8, 4) is 5.75 Å². The van der Waals surface area contributed by atoms with Crippen molar-refractivity contribution in [1.82, 2.24) is 16.0 Å². The van der Waals surface area contributed by atoms with E-state index >= 15 is 0 Å². The fourth-order valence-corrected chi connectivity index (χ4v) is 3.50. The Morgan fingerprint density at radius 1 is 1.03 bits per heavy atom. The van der Waals surface area contributed by atoms with Crippen molar-refractivity contribution in [3.05, 3.63) is 29.8 Å². The molecule has 1 aliphatic rings. The molecule has 2 rings (SSSR count). The summed E-state index contributed by atoms with van der Waals surface area (Å²) in [6.07, 6.45) is 2.84. The quantitative estimate of drug-likeness (QED) is 0.448. The van der Waals surface area contributed by atoms with Gasteiger partial charge in [0.2, 0.25) is 11.8 Å². The SMILES string of the molecule is CN=C(C)C(NC(=O)c1ccccc1O)C(C)NC(=O)C(NC(=O)C(C)C)C1CCC1. The first-order valence-corrected chi connectivity index (χ1v) is 10.8. The molecule has 0 spiro atoms. The molecule has 0 saturated heterocycles. The summed E-state index contributed by atoms with van der Waals surface area (Å²) in [7, 11) is 1.61. The number of phenolic OH excluding ortho intramolecular Hbond substituents is 1. The lowest BCUT2D eigenvalue weighted by Crippen LogP contribution is -2.59. The van der Waals surface area contributed by atoms with E-state index in [0.717, 1.165) is 19.3 Å². The average molecular weight is 431 g/mol. The maximum absolute atomic E-state index is 13.1. The fourth-order valence-electron chi connectivity index (χ4n) is 3.50. The lowest BCUT2D eigenvalue weighted by atomic mass is 9.79. The first kappa shape index (κ1) is 24.4. The molecule has 8 nitrogen and oxygen atoms in total. The van der Waals surface area contributed by atoms with Gasteiger partial charge in [0.25, 0.3) is 5.91 Å². The number of carbonyl (C=O) groups excluding carboxylic acids is 3. The summed E-state index contributed by atoms with van der Waals surface area (Å²) in [4.78, 5) is 42.2. The molecule has 1 aromatic rings. The summed E-state index contributed by atoms with van der Waals surface area (Å²) in [5, 5.41) is 18.6. The van der Waals surface area contributed by atoms with Crippen LogP contribution in [-0.2, 0) is 9.59 Å². The topological polar surface area (TPSA) is 120 Å². The molecule has 3 atom stereocenters. The van der Waals surface area contributed by atoms with Gasteiger partial charge < -0.3 is 21.1 Å². The monoisotopic (exact) mass is 430 g/mol. The van der Waals surface area contributed by atoms with Crippen molar-refractivity contribution in [2.24, 2.45) is 16.8 Å². The molecule has 3 unspecified atom stereocenters. The highest BCUT2D eigenvalue weighted by atomic mass is 16.3. The van der Waals surface area contributed by atoms with Gasteiger partial charge in [-0.2, -0.15) is 0 Å². The maximum Gasteiger partial charge on any atom is 0.255 e. The Kier molecular flexibility index (Phi) is 8.59. The normalized spacial score (nSPS) is 17.3. The van der Waals surface area contributed by atoms with E-state index in [9.17, 15) is 19.5 Å². The second-order valence-electron chi connectivity index (χ2n) is 8.46. The Balaban J connectivity index is 2.13. The average Bonchev–Trinajstić information content (AvgIpc) is 2.69. The van der Waals surface area contributed by atoms with Crippen LogP contribution in [-0.4, -0.2) is 53.7 Å². The smallest absolute Gasteiger partial charge is 0.255 e. The highest BCUT2D eigenvalue weighted by molar-refractivity contribution is 6.01. The summed E-state index contributed by atoms with van der Waals surface area (Å²) in [5.74, 6) is -1.11. The van der Waals surface area contributed by atoms with Crippen LogP contribution in [0, 0.1) is 11.8 Å². The number of nitrogens with one attached hydrogen (secondary N) is 3. The number of aliphatic imine (C=N–C) groups is 1. The molecule has 170 valence electrons. The van der Waals surface area contributed by atoms with Crippen LogP contribution >= 0.6 is 0 Å². The first-order chi connectivity index (χ1) is 14.6. The van der Waals surface area contributed by atoms with Gasteiger partial charge in [0.05, 0.1) is 17.6 Å². The molecule has 0 bridgehead atoms. The van der Waals surface area contributed by atoms with E-state index in [1.807, 2.05) is 0 Å². The van der Waals surface area contributed by atoms with Crippen LogP contribution in [0.3, 0.4) is 0 Å². The summed E-state index contributed by atoms with van der Waals surface area (Å²) in [6, 6.07) is 4.61. The van der Waals surface area contributed by atoms with Gasteiger partial charge in [-0.3, -0.25) is 19.4 Å². The zero-order chi connectivity index (χ0) is 23.1. The van der Waals surface area contributed by atoms with Crippen molar-refractivity contribution in [3.63, 3.8) is 0 Å². The molecule has 4 N–H and O–H groups in total. The third-order valence-electron chi connectivity index (χ3n) is 5.83. The predicted octanol–water partition coefficient (Wildman–Crippen LogP) is 2.03. The highest BCUT2D eigenvalue weighted by Gasteiger charge is 2.36. The van der Waals surface area contributed by atoms with Crippen LogP contribution in [0.1, 0.15) is 57.3 Å². The molecule has 1 aromatic carbocycles. The predicted molar refractivity (Wildman–Crippen MR) is 120 cm³/mol. The Morgan fingerprint density at radius 3 is 2.19 bits per heavy atom. The molecule has 31 heavy (non-hydrogen) atoms. The number of benzene rings is 1. The van der Waals surface area contributed by atoms with Crippen LogP contribution < -0.4 is 16.0 Å². The Labute approximate surface area is 183 Å². The molecular formula is C23H34N4O4. The van der Waals surface area contributed by atoms with E-state index in [2.05, 4.69) is 20.9 Å². The summed E-state index contributed by atoms with van der Waals surface area (Å²) >= 11 is 0. The van der Waals surface area contributed by atoms with E-state index in [1.54, 1.807) is 46.9 Å². The van der Waals surface area contributed by atoms with E-state index in [1.165, 1.54) is 12.1 Å². The second kappa shape index (κ2) is 10.9. The van der Waals surface area contributed by atoms with Gasteiger partial charge in [-0.1, -0.05) is 32.4 Å². The number of carbonyl (C=O) groups is 3. The molecular weight excluding hydrogens is 396 g/mol. The number of amides is 3. The Hall–Kier alpha value is -2.90. The van der Waals surface area contributed by atoms with Gasteiger partial charge in [0.15, 0.2) is 0 Å². The largest absolute Gasteiger partial charge is 0.507 e. The molecule has 3 amide bonds. The van der Waals surface area contributed by atoms with Gasteiger partial charge in [-0.05, 0) is 44.7 Å². The number of aromatic hydroxyl groups is 1. The zero-order valence-corrected chi connectivity index (χ0v) is 18.9. The second-order valence-corrected chi connectivity index (χ2v) is 8.46. The highest BCUT2D eigenvalue weighted by Crippen LogP contribution is 2.30. The lowest BCUT2D eigenvalue weighted by molar-refractivity contribution is -0.133. The van der Waals surface area contributed by atoms with Crippen LogP contribution in [0.2, 0.25) is 0 Å². The number of phenols is 1. The zero-order valence-electron chi connectivity index (χ0n) is 18.9. The molecule has 0 aliphatic heterocycles. The van der Waals surface area contributed by atoms with Crippen LogP contribution in [0.15, 0.2) is 29.3 Å². The van der Waals surface area contributed by atoms with Crippen molar-refractivity contribution in [1.29, 1.82) is 0 Å². The van der Waals surface area contributed by atoms with Crippen LogP contribution in [0.25, 0.3) is 0 Å². The van der Waals surface area contributed by atoms with Crippen molar-refractivity contribution < 1.29 is 19.5 Å². The van der Waals surface area contributed by atoms with Gasteiger partial charge in [0.1, 0.15) is 11.8 Å². The van der Waals surface area contributed by atoms with Gasteiger partial charge in [-0.25, -0.2) is 0 Å². The number of nitrogens with zero attached hydrogens (tertiary/aromatic N) is 1.